The lowest BCUT2D eigenvalue weighted by Crippen LogP contribution is -2.47. The third-order valence-electron chi connectivity index (χ3n) is 7.94. The van der Waals surface area contributed by atoms with Gasteiger partial charge in [0.15, 0.2) is 0 Å². The number of anilines is 2. The van der Waals surface area contributed by atoms with Gasteiger partial charge < -0.3 is 28.8 Å². The number of rotatable bonds is 11. The quantitative estimate of drug-likeness (QED) is 0.205. The van der Waals surface area contributed by atoms with E-state index in [4.69, 9.17) is 9.15 Å². The van der Waals surface area contributed by atoms with Crippen LogP contribution in [0.1, 0.15) is 51.0 Å². The number of nitrogens with zero attached hydrogens (tertiary/aromatic N) is 5. The van der Waals surface area contributed by atoms with Gasteiger partial charge in [0, 0.05) is 56.4 Å². The number of hydrogen-bond acceptors (Lipinski definition) is 8. The largest absolute Gasteiger partial charge is 0.493 e. The van der Waals surface area contributed by atoms with Gasteiger partial charge in [0.05, 0.1) is 23.4 Å². The van der Waals surface area contributed by atoms with Crippen molar-refractivity contribution in [2.24, 2.45) is 5.41 Å². The number of ether oxygens (including phenoxy) is 1. The monoisotopic (exact) mass is 586 g/mol. The van der Waals surface area contributed by atoms with Gasteiger partial charge in [0.2, 0.25) is 11.8 Å². The van der Waals surface area contributed by atoms with Crippen molar-refractivity contribution in [2.75, 3.05) is 36.5 Å². The van der Waals surface area contributed by atoms with Gasteiger partial charge in [-0.2, -0.15) is 0 Å². The van der Waals surface area contributed by atoms with Crippen molar-refractivity contribution in [3.05, 3.63) is 76.9 Å². The number of amides is 2. The number of hydrogen-bond donors (Lipinski definition) is 1. The Hall–Kier alpha value is -4.51. The minimum atomic E-state index is -1.16. The van der Waals surface area contributed by atoms with Crippen molar-refractivity contribution in [2.45, 2.75) is 53.1 Å². The summed E-state index contributed by atoms with van der Waals surface area (Å²) in [5, 5.41) is 4.14. The van der Waals surface area contributed by atoms with Crippen LogP contribution in [0, 0.1) is 12.3 Å². The van der Waals surface area contributed by atoms with E-state index in [-0.39, 0.29) is 23.4 Å². The molecule has 5 rings (SSSR count). The average Bonchev–Trinajstić information content (AvgIpc) is 3.39. The second-order valence-electron chi connectivity index (χ2n) is 11.3. The molecular formula is C32H38N6O5. The van der Waals surface area contributed by atoms with Crippen LogP contribution in [0.3, 0.4) is 0 Å². The number of furan rings is 1. The molecular weight excluding hydrogens is 548 g/mol. The van der Waals surface area contributed by atoms with Crippen LogP contribution in [0.2, 0.25) is 0 Å². The summed E-state index contributed by atoms with van der Waals surface area (Å²) in [6, 6.07) is 9.02. The fourth-order valence-corrected chi connectivity index (χ4v) is 5.53. The van der Waals surface area contributed by atoms with E-state index in [2.05, 4.69) is 15.3 Å². The van der Waals surface area contributed by atoms with Crippen LogP contribution >= 0.6 is 0 Å². The Morgan fingerprint density at radius 1 is 1.05 bits per heavy atom. The third-order valence-corrected chi connectivity index (χ3v) is 7.94. The normalized spacial score (nSPS) is 15.5. The average molecular weight is 587 g/mol. The summed E-state index contributed by atoms with van der Waals surface area (Å²) in [5.74, 6) is 0.861. The fourth-order valence-electron chi connectivity index (χ4n) is 5.53. The number of benzene rings is 1. The Kier molecular flexibility index (Phi) is 8.63. The molecule has 43 heavy (non-hydrogen) atoms. The summed E-state index contributed by atoms with van der Waals surface area (Å²) >= 11 is 0. The smallest absolute Gasteiger partial charge is 0.261 e. The first kappa shape index (κ1) is 30.0. The summed E-state index contributed by atoms with van der Waals surface area (Å²) < 4.78 is 13.3. The van der Waals surface area contributed by atoms with E-state index in [0.717, 1.165) is 5.56 Å². The van der Waals surface area contributed by atoms with E-state index in [9.17, 15) is 14.4 Å². The molecule has 0 spiro atoms. The van der Waals surface area contributed by atoms with Gasteiger partial charge in [-0.25, -0.2) is 9.97 Å². The molecule has 11 nitrogen and oxygen atoms in total. The molecule has 0 bridgehead atoms. The van der Waals surface area contributed by atoms with Crippen molar-refractivity contribution >= 4 is 34.2 Å². The SMILES string of the molecule is CCN1C(=O)C(C)(C)C(=O)N(C)c2cc(OCCCNC(CCn3ccc4oc(C)cc4c3=O)c3cncnc3)ccc21. The van der Waals surface area contributed by atoms with Crippen LogP contribution in [0.5, 0.6) is 5.75 Å². The Balaban J connectivity index is 1.21. The van der Waals surface area contributed by atoms with Crippen molar-refractivity contribution in [1.82, 2.24) is 19.9 Å². The molecule has 1 unspecified atom stereocenters. The Morgan fingerprint density at radius 2 is 1.81 bits per heavy atom. The fraction of sp³-hybridized carbons (Fsp3) is 0.406. The number of pyridine rings is 1. The molecule has 1 atom stereocenters. The van der Waals surface area contributed by atoms with E-state index < -0.39 is 5.41 Å². The summed E-state index contributed by atoms with van der Waals surface area (Å²) in [7, 11) is 1.69. The van der Waals surface area contributed by atoms with E-state index in [0.29, 0.717) is 72.9 Å². The highest BCUT2D eigenvalue weighted by Gasteiger charge is 2.45. The minimum absolute atomic E-state index is 0.0667. The second kappa shape index (κ2) is 12.4. The lowest BCUT2D eigenvalue weighted by atomic mass is 9.90. The van der Waals surface area contributed by atoms with Gasteiger partial charge in [-0.3, -0.25) is 14.4 Å². The summed E-state index contributed by atoms with van der Waals surface area (Å²) in [6.45, 7) is 9.13. The first-order chi connectivity index (χ1) is 20.6. The zero-order valence-electron chi connectivity index (χ0n) is 25.3. The molecule has 4 heterocycles. The molecule has 1 aromatic carbocycles. The molecule has 1 N–H and O–H groups in total. The van der Waals surface area contributed by atoms with Gasteiger partial charge >= 0.3 is 0 Å². The molecule has 0 saturated heterocycles. The maximum absolute atomic E-state index is 13.1. The van der Waals surface area contributed by atoms with E-state index in [1.54, 1.807) is 59.9 Å². The topological polar surface area (TPSA) is 123 Å². The summed E-state index contributed by atoms with van der Waals surface area (Å²) in [6.07, 6.45) is 8.20. The van der Waals surface area contributed by atoms with Crippen LogP contribution in [0.15, 0.2) is 64.5 Å². The number of aryl methyl sites for hydroxylation is 2. The number of carbonyl (C=O) groups is 2. The second-order valence-corrected chi connectivity index (χ2v) is 11.3. The lowest BCUT2D eigenvalue weighted by molar-refractivity contribution is -0.137. The van der Waals surface area contributed by atoms with Crippen LogP contribution in [0.25, 0.3) is 11.0 Å². The van der Waals surface area contributed by atoms with Crippen molar-refractivity contribution in [3.63, 3.8) is 0 Å². The van der Waals surface area contributed by atoms with E-state index in [1.807, 2.05) is 38.1 Å². The number of carbonyl (C=O) groups excluding carboxylic acids is 2. The molecule has 1 aliphatic rings. The highest BCUT2D eigenvalue weighted by Crippen LogP contribution is 2.40. The van der Waals surface area contributed by atoms with Crippen LogP contribution < -0.4 is 25.4 Å². The van der Waals surface area contributed by atoms with Gasteiger partial charge in [-0.15, -0.1) is 0 Å². The summed E-state index contributed by atoms with van der Waals surface area (Å²) in [5.41, 5.74) is 1.64. The Labute approximate surface area is 250 Å². The maximum Gasteiger partial charge on any atom is 0.261 e. The van der Waals surface area contributed by atoms with Crippen LogP contribution in [-0.2, 0) is 16.1 Å². The molecule has 11 heteroatoms. The molecule has 3 aromatic heterocycles. The predicted molar refractivity (Wildman–Crippen MR) is 164 cm³/mol. The van der Waals surface area contributed by atoms with E-state index in [1.165, 1.54) is 6.33 Å². The molecule has 2 amide bonds. The first-order valence-corrected chi connectivity index (χ1v) is 14.6. The van der Waals surface area contributed by atoms with Crippen LogP contribution in [-0.4, -0.2) is 53.1 Å². The number of fused-ring (bicyclic) bond motifs is 2. The van der Waals surface area contributed by atoms with Gasteiger partial charge in [0.1, 0.15) is 28.8 Å². The zero-order valence-corrected chi connectivity index (χ0v) is 25.3. The molecule has 0 fully saturated rings. The van der Waals surface area contributed by atoms with Crippen molar-refractivity contribution in [1.29, 1.82) is 0 Å². The minimum Gasteiger partial charge on any atom is -0.493 e. The molecule has 226 valence electrons. The standard InChI is InChI=1S/C32H38N6O5/c1-6-38-26-9-8-23(17-27(26)36(5)30(40)32(3,4)31(38)41)42-15-7-12-35-25(22-18-33-20-34-19-22)10-13-37-14-11-28-24(29(37)39)16-21(2)43-28/h8-9,11,14,16-20,25,35H,6-7,10,12-13,15H2,1-5H3. The Bertz CT molecular complexity index is 1680. The molecule has 4 aromatic rings. The summed E-state index contributed by atoms with van der Waals surface area (Å²) in [4.78, 5) is 50.7. The Morgan fingerprint density at radius 3 is 2.56 bits per heavy atom. The van der Waals surface area contributed by atoms with Crippen molar-refractivity contribution < 1.29 is 18.7 Å². The molecule has 0 radical (unpaired) electrons. The molecule has 1 aliphatic heterocycles. The molecule has 0 aliphatic carbocycles. The van der Waals surface area contributed by atoms with Gasteiger partial charge in [0.25, 0.3) is 5.56 Å². The highest BCUT2D eigenvalue weighted by molar-refractivity contribution is 6.20. The molecule has 0 saturated carbocycles. The van der Waals surface area contributed by atoms with Gasteiger partial charge in [-0.05, 0) is 71.3 Å². The van der Waals surface area contributed by atoms with Crippen molar-refractivity contribution in [3.8, 4) is 5.75 Å². The number of aromatic nitrogens is 3. The third kappa shape index (κ3) is 6.03. The predicted octanol–water partition coefficient (Wildman–Crippen LogP) is 4.24. The van der Waals surface area contributed by atoms with Crippen LogP contribution in [0.4, 0.5) is 11.4 Å². The number of nitrogens with one attached hydrogen (secondary N) is 1. The van der Waals surface area contributed by atoms with E-state index >= 15 is 0 Å². The zero-order chi connectivity index (χ0) is 30.7. The lowest BCUT2D eigenvalue weighted by Gasteiger charge is -2.27. The first-order valence-electron chi connectivity index (χ1n) is 14.6. The van der Waals surface area contributed by atoms with Gasteiger partial charge in [-0.1, -0.05) is 0 Å². The highest BCUT2D eigenvalue weighted by atomic mass is 16.5. The maximum atomic E-state index is 13.1.